The summed E-state index contributed by atoms with van der Waals surface area (Å²) in [6.07, 6.45) is 0. The van der Waals surface area contributed by atoms with Gasteiger partial charge in [0.25, 0.3) is 0 Å². The van der Waals surface area contributed by atoms with Gasteiger partial charge in [0.05, 0.1) is 0 Å². The van der Waals surface area contributed by atoms with Gasteiger partial charge in [-0.15, -0.1) is 0 Å². The van der Waals surface area contributed by atoms with E-state index in [0.717, 1.165) is 17.1 Å². The Labute approximate surface area is 82.9 Å². The predicted octanol–water partition coefficient (Wildman–Crippen LogP) is 2.72. The molecule has 0 unspecified atom stereocenters. The molecule has 3 nitrogen and oxygen atoms in total. The van der Waals surface area contributed by atoms with Gasteiger partial charge in [0, 0.05) is 5.56 Å². The maximum atomic E-state index is 8.69. The number of hydrogen-bond donors (Lipinski definition) is 0. The molecule has 1 aromatic heterocycles. The topological polar surface area (TPSA) is 60.7 Å². The second-order valence-electron chi connectivity index (χ2n) is 3.05. The number of furan rings is 1. The van der Waals surface area contributed by atoms with Crippen molar-refractivity contribution in [2.45, 2.75) is 20.8 Å². The average molecular weight is 186 g/mol. The van der Waals surface area contributed by atoms with E-state index in [4.69, 9.17) is 14.9 Å². The van der Waals surface area contributed by atoms with E-state index in [-0.39, 0.29) is 5.57 Å². The van der Waals surface area contributed by atoms with Crippen molar-refractivity contribution >= 4 is 5.57 Å². The van der Waals surface area contributed by atoms with Gasteiger partial charge in [-0.05, 0) is 32.4 Å². The molecule has 70 valence electrons. The molecule has 0 N–H and O–H groups in total. The van der Waals surface area contributed by atoms with Crippen molar-refractivity contribution in [2.24, 2.45) is 0 Å². The highest BCUT2D eigenvalue weighted by molar-refractivity contribution is 5.74. The molecule has 1 aromatic rings. The SMILES string of the molecule is CC(=C(C#N)C#N)c1cc(C)oc1C. The summed E-state index contributed by atoms with van der Waals surface area (Å²) in [5.74, 6) is 1.52. The fraction of sp³-hybridized carbons (Fsp3) is 0.273. The van der Waals surface area contributed by atoms with E-state index in [1.54, 1.807) is 6.92 Å². The first-order chi connectivity index (χ1) is 6.60. The molecule has 0 amide bonds. The summed E-state index contributed by atoms with van der Waals surface area (Å²) in [7, 11) is 0. The molecule has 1 rings (SSSR count). The summed E-state index contributed by atoms with van der Waals surface area (Å²) in [6.45, 7) is 5.40. The normalized spacial score (nSPS) is 8.93. The molecule has 0 saturated heterocycles. The van der Waals surface area contributed by atoms with Crippen LogP contribution in [0.4, 0.5) is 0 Å². The van der Waals surface area contributed by atoms with Crippen LogP contribution in [0.2, 0.25) is 0 Å². The van der Waals surface area contributed by atoms with Crippen LogP contribution in [0.3, 0.4) is 0 Å². The summed E-state index contributed by atoms with van der Waals surface area (Å²) in [4.78, 5) is 0. The van der Waals surface area contributed by atoms with Gasteiger partial charge in [-0.25, -0.2) is 0 Å². The van der Waals surface area contributed by atoms with E-state index in [0.29, 0.717) is 5.57 Å². The van der Waals surface area contributed by atoms with Gasteiger partial charge in [-0.3, -0.25) is 0 Å². The zero-order valence-corrected chi connectivity index (χ0v) is 8.38. The van der Waals surface area contributed by atoms with Crippen LogP contribution in [0.1, 0.15) is 24.0 Å². The van der Waals surface area contributed by atoms with Gasteiger partial charge >= 0.3 is 0 Å². The molecule has 0 radical (unpaired) electrons. The third-order valence-corrected chi connectivity index (χ3v) is 2.04. The Hall–Kier alpha value is -2.00. The van der Waals surface area contributed by atoms with Crippen molar-refractivity contribution in [3.05, 3.63) is 28.7 Å². The minimum atomic E-state index is 0.133. The van der Waals surface area contributed by atoms with E-state index >= 15 is 0 Å². The number of rotatable bonds is 1. The fourth-order valence-electron chi connectivity index (χ4n) is 1.33. The van der Waals surface area contributed by atoms with Crippen molar-refractivity contribution in [1.82, 2.24) is 0 Å². The van der Waals surface area contributed by atoms with Gasteiger partial charge in [-0.1, -0.05) is 0 Å². The standard InChI is InChI=1S/C11H10N2O/c1-7-4-11(9(3)14-7)8(2)10(5-12)6-13/h4H,1-3H3. The van der Waals surface area contributed by atoms with Crippen molar-refractivity contribution in [1.29, 1.82) is 10.5 Å². The Bertz CT molecular complexity index is 450. The van der Waals surface area contributed by atoms with Gasteiger partial charge in [0.1, 0.15) is 29.2 Å². The summed E-state index contributed by atoms with van der Waals surface area (Å²) >= 11 is 0. The molecule has 0 saturated carbocycles. The Kier molecular flexibility index (Phi) is 2.74. The van der Waals surface area contributed by atoms with Gasteiger partial charge in [-0.2, -0.15) is 10.5 Å². The number of nitrogens with zero attached hydrogens (tertiary/aromatic N) is 2. The molecule has 0 fully saturated rings. The third-order valence-electron chi connectivity index (χ3n) is 2.04. The van der Waals surface area contributed by atoms with Gasteiger partial charge < -0.3 is 4.42 Å². The van der Waals surface area contributed by atoms with Crippen molar-refractivity contribution in [2.75, 3.05) is 0 Å². The first-order valence-electron chi connectivity index (χ1n) is 4.18. The number of aryl methyl sites for hydroxylation is 2. The zero-order valence-electron chi connectivity index (χ0n) is 8.38. The smallest absolute Gasteiger partial charge is 0.133 e. The minimum Gasteiger partial charge on any atom is -0.466 e. The van der Waals surface area contributed by atoms with Crippen LogP contribution in [0.15, 0.2) is 16.1 Å². The molecule has 0 aliphatic carbocycles. The lowest BCUT2D eigenvalue weighted by Gasteiger charge is -1.96. The third kappa shape index (κ3) is 1.67. The largest absolute Gasteiger partial charge is 0.466 e. The van der Waals surface area contributed by atoms with Crippen molar-refractivity contribution in [3.8, 4) is 12.1 Å². The van der Waals surface area contributed by atoms with Crippen LogP contribution in [0, 0.1) is 36.5 Å². The Morgan fingerprint density at radius 1 is 1.29 bits per heavy atom. The van der Waals surface area contributed by atoms with E-state index in [1.165, 1.54) is 0 Å². The Balaban J connectivity index is 3.33. The van der Waals surface area contributed by atoms with E-state index in [2.05, 4.69) is 0 Å². The molecule has 0 atom stereocenters. The van der Waals surface area contributed by atoms with Crippen LogP contribution in [-0.2, 0) is 0 Å². The highest BCUT2D eigenvalue weighted by Crippen LogP contribution is 2.24. The van der Waals surface area contributed by atoms with Crippen LogP contribution < -0.4 is 0 Å². The highest BCUT2D eigenvalue weighted by atomic mass is 16.3. The summed E-state index contributed by atoms with van der Waals surface area (Å²) < 4.78 is 5.32. The quantitative estimate of drug-likeness (QED) is 0.633. The monoisotopic (exact) mass is 186 g/mol. The highest BCUT2D eigenvalue weighted by Gasteiger charge is 2.10. The number of hydrogen-bond acceptors (Lipinski definition) is 3. The Morgan fingerprint density at radius 2 is 1.86 bits per heavy atom. The maximum Gasteiger partial charge on any atom is 0.133 e. The van der Waals surface area contributed by atoms with E-state index in [1.807, 2.05) is 32.1 Å². The van der Waals surface area contributed by atoms with E-state index < -0.39 is 0 Å². The van der Waals surface area contributed by atoms with Crippen molar-refractivity contribution < 1.29 is 4.42 Å². The predicted molar refractivity (Wildman–Crippen MR) is 52.0 cm³/mol. The Morgan fingerprint density at radius 3 is 2.21 bits per heavy atom. The first-order valence-corrected chi connectivity index (χ1v) is 4.18. The van der Waals surface area contributed by atoms with Crippen LogP contribution in [0.5, 0.6) is 0 Å². The van der Waals surface area contributed by atoms with Crippen molar-refractivity contribution in [3.63, 3.8) is 0 Å². The lowest BCUT2D eigenvalue weighted by molar-refractivity contribution is 0.504. The maximum absolute atomic E-state index is 8.69. The van der Waals surface area contributed by atoms with E-state index in [9.17, 15) is 0 Å². The lowest BCUT2D eigenvalue weighted by Crippen LogP contribution is -1.84. The molecular weight excluding hydrogens is 176 g/mol. The van der Waals surface area contributed by atoms with Crippen LogP contribution in [-0.4, -0.2) is 0 Å². The molecule has 0 aromatic carbocycles. The zero-order chi connectivity index (χ0) is 10.7. The summed E-state index contributed by atoms with van der Waals surface area (Å²) in [5.41, 5.74) is 1.64. The van der Waals surface area contributed by atoms with Crippen LogP contribution in [0.25, 0.3) is 5.57 Å². The molecule has 14 heavy (non-hydrogen) atoms. The fourth-order valence-corrected chi connectivity index (χ4v) is 1.33. The number of nitriles is 2. The molecular formula is C11H10N2O. The molecule has 0 bridgehead atoms. The second kappa shape index (κ2) is 3.81. The average Bonchev–Trinajstić information content (AvgIpc) is 2.47. The summed E-state index contributed by atoms with van der Waals surface area (Å²) in [6, 6.07) is 5.56. The van der Waals surface area contributed by atoms with Crippen LogP contribution >= 0.6 is 0 Å². The molecule has 0 spiro atoms. The van der Waals surface area contributed by atoms with Gasteiger partial charge in [0.15, 0.2) is 0 Å². The molecule has 3 heteroatoms. The first kappa shape index (κ1) is 10.1. The number of allylic oxidation sites excluding steroid dienone is 2. The minimum absolute atomic E-state index is 0.133. The summed E-state index contributed by atoms with van der Waals surface area (Å²) in [5, 5.41) is 17.4. The lowest BCUT2D eigenvalue weighted by atomic mass is 10.0. The molecule has 0 aliphatic heterocycles. The molecule has 1 heterocycles. The van der Waals surface area contributed by atoms with Gasteiger partial charge in [0.2, 0.25) is 0 Å². The second-order valence-corrected chi connectivity index (χ2v) is 3.05. The molecule has 0 aliphatic rings.